The lowest BCUT2D eigenvalue weighted by Gasteiger charge is -2.26. The zero-order valence-corrected chi connectivity index (χ0v) is 27.1. The summed E-state index contributed by atoms with van der Waals surface area (Å²) in [6.45, 7) is 16.3. The lowest BCUT2D eigenvalue weighted by atomic mass is 9.94. The summed E-state index contributed by atoms with van der Waals surface area (Å²) in [6, 6.07) is 18.5. The standard InChI is InChI=1S/C38H64N2/c1-5-9-13-21-29-39(30-22-14-10-6-2)33-35-25-17-19-27-37(35)38-28-20-18-26-36(38)34-40(31-23-15-11-7-3)32-24-16-12-8-4/h17-20,25-28H,5-16,21-24,29-34H2,1-4H3. The van der Waals surface area contributed by atoms with Crippen molar-refractivity contribution in [1.29, 1.82) is 0 Å². The molecule has 0 saturated carbocycles. The first-order valence-corrected chi connectivity index (χ1v) is 17.3. The van der Waals surface area contributed by atoms with Crippen LogP contribution in [0.15, 0.2) is 48.5 Å². The molecule has 2 heteroatoms. The molecule has 0 saturated heterocycles. The number of rotatable bonds is 25. The van der Waals surface area contributed by atoms with Crippen LogP contribution in [0.5, 0.6) is 0 Å². The first-order valence-electron chi connectivity index (χ1n) is 17.3. The van der Waals surface area contributed by atoms with Crippen LogP contribution < -0.4 is 0 Å². The summed E-state index contributed by atoms with van der Waals surface area (Å²) in [5.74, 6) is 0. The number of nitrogens with zero attached hydrogens (tertiary/aromatic N) is 2. The summed E-state index contributed by atoms with van der Waals surface area (Å²) in [4.78, 5) is 5.50. The molecule has 0 N–H and O–H groups in total. The van der Waals surface area contributed by atoms with Crippen molar-refractivity contribution in [3.63, 3.8) is 0 Å². The van der Waals surface area contributed by atoms with E-state index in [1.807, 2.05) is 0 Å². The maximum Gasteiger partial charge on any atom is 0.0239 e. The fourth-order valence-corrected chi connectivity index (χ4v) is 5.91. The van der Waals surface area contributed by atoms with Crippen LogP contribution in [0.3, 0.4) is 0 Å². The molecule has 0 spiro atoms. The van der Waals surface area contributed by atoms with Crippen LogP contribution in [0.1, 0.15) is 142 Å². The lowest BCUT2D eigenvalue weighted by Crippen LogP contribution is -2.27. The average Bonchev–Trinajstić information content (AvgIpc) is 2.98. The second kappa shape index (κ2) is 23.0. The second-order valence-corrected chi connectivity index (χ2v) is 12.1. The fraction of sp³-hybridized carbons (Fsp3) is 0.684. The molecule has 2 aromatic rings. The highest BCUT2D eigenvalue weighted by atomic mass is 15.1. The molecule has 0 radical (unpaired) electrons. The summed E-state index contributed by atoms with van der Waals surface area (Å²) in [5, 5.41) is 0. The summed E-state index contributed by atoms with van der Waals surface area (Å²) in [7, 11) is 0. The van der Waals surface area contributed by atoms with Gasteiger partial charge in [-0.3, -0.25) is 9.80 Å². The van der Waals surface area contributed by atoms with Crippen LogP contribution in [-0.4, -0.2) is 36.0 Å². The normalized spacial score (nSPS) is 11.7. The van der Waals surface area contributed by atoms with E-state index >= 15 is 0 Å². The third-order valence-corrected chi connectivity index (χ3v) is 8.42. The Balaban J connectivity index is 2.20. The SMILES string of the molecule is CCCCCCN(CCCCCC)Cc1ccccc1-c1ccccc1CN(CCCCCC)CCCCCC. The van der Waals surface area contributed by atoms with Gasteiger partial charge in [-0.1, -0.05) is 153 Å². The number of hydrogen-bond acceptors (Lipinski definition) is 2. The molecular weight excluding hydrogens is 484 g/mol. The molecule has 0 heterocycles. The highest BCUT2D eigenvalue weighted by molar-refractivity contribution is 5.70. The number of hydrogen-bond donors (Lipinski definition) is 0. The minimum Gasteiger partial charge on any atom is -0.299 e. The summed E-state index contributed by atoms with van der Waals surface area (Å²) in [5.41, 5.74) is 5.89. The van der Waals surface area contributed by atoms with Crippen LogP contribution in [0.25, 0.3) is 11.1 Å². The van der Waals surface area contributed by atoms with Gasteiger partial charge in [0.25, 0.3) is 0 Å². The zero-order chi connectivity index (χ0) is 28.7. The molecule has 0 amide bonds. The van der Waals surface area contributed by atoms with Gasteiger partial charge in [0.2, 0.25) is 0 Å². The molecule has 2 aromatic carbocycles. The summed E-state index contributed by atoms with van der Waals surface area (Å²) < 4.78 is 0. The Kier molecular flexibility index (Phi) is 19.9. The fourth-order valence-electron chi connectivity index (χ4n) is 5.91. The topological polar surface area (TPSA) is 6.48 Å². The molecule has 40 heavy (non-hydrogen) atoms. The van der Waals surface area contributed by atoms with Crippen LogP contribution in [0, 0.1) is 0 Å². The molecule has 0 fully saturated rings. The predicted octanol–water partition coefficient (Wildman–Crippen LogP) is 11.3. The smallest absolute Gasteiger partial charge is 0.0239 e. The van der Waals surface area contributed by atoms with Crippen molar-refractivity contribution in [1.82, 2.24) is 9.80 Å². The van der Waals surface area contributed by atoms with Gasteiger partial charge in [0, 0.05) is 13.1 Å². The van der Waals surface area contributed by atoms with Gasteiger partial charge in [0.05, 0.1) is 0 Å². The van der Waals surface area contributed by atoms with E-state index in [2.05, 4.69) is 86.0 Å². The number of unbranched alkanes of at least 4 members (excludes halogenated alkanes) is 12. The molecule has 0 aliphatic rings. The van der Waals surface area contributed by atoms with Crippen molar-refractivity contribution in [3.05, 3.63) is 59.7 Å². The van der Waals surface area contributed by atoms with Crippen molar-refractivity contribution < 1.29 is 0 Å². The van der Waals surface area contributed by atoms with E-state index in [0.29, 0.717) is 0 Å². The highest BCUT2D eigenvalue weighted by Gasteiger charge is 2.15. The van der Waals surface area contributed by atoms with Gasteiger partial charge in [-0.15, -0.1) is 0 Å². The lowest BCUT2D eigenvalue weighted by molar-refractivity contribution is 0.252. The van der Waals surface area contributed by atoms with E-state index in [1.54, 1.807) is 0 Å². The highest BCUT2D eigenvalue weighted by Crippen LogP contribution is 2.29. The number of benzene rings is 2. The van der Waals surface area contributed by atoms with E-state index in [0.717, 1.165) is 13.1 Å². The Labute approximate surface area is 249 Å². The van der Waals surface area contributed by atoms with Crippen LogP contribution in [-0.2, 0) is 13.1 Å². The largest absolute Gasteiger partial charge is 0.299 e. The average molecular weight is 549 g/mol. The van der Waals surface area contributed by atoms with E-state index in [1.165, 1.54) is 151 Å². The molecule has 2 nitrogen and oxygen atoms in total. The monoisotopic (exact) mass is 549 g/mol. The second-order valence-electron chi connectivity index (χ2n) is 12.1. The van der Waals surface area contributed by atoms with E-state index in [4.69, 9.17) is 0 Å². The van der Waals surface area contributed by atoms with Crippen LogP contribution in [0.2, 0.25) is 0 Å². The Bertz CT molecular complexity index is 765. The Morgan fingerprint density at radius 2 is 0.675 bits per heavy atom. The molecule has 2 rings (SSSR count). The van der Waals surface area contributed by atoms with Gasteiger partial charge in [-0.2, -0.15) is 0 Å². The van der Waals surface area contributed by atoms with Gasteiger partial charge in [0.1, 0.15) is 0 Å². The maximum absolute atomic E-state index is 2.75. The van der Waals surface area contributed by atoms with Crippen molar-refractivity contribution in [2.45, 2.75) is 144 Å². The Morgan fingerprint density at radius 1 is 0.375 bits per heavy atom. The van der Waals surface area contributed by atoms with Crippen LogP contribution in [0.4, 0.5) is 0 Å². The summed E-state index contributed by atoms with van der Waals surface area (Å²) >= 11 is 0. The first kappa shape index (κ1) is 34.6. The molecule has 226 valence electrons. The summed E-state index contributed by atoms with van der Waals surface area (Å²) in [6.07, 6.45) is 21.4. The van der Waals surface area contributed by atoms with Gasteiger partial charge >= 0.3 is 0 Å². The maximum atomic E-state index is 2.75. The van der Waals surface area contributed by atoms with Gasteiger partial charge < -0.3 is 0 Å². The van der Waals surface area contributed by atoms with Crippen molar-refractivity contribution >= 4 is 0 Å². The quantitative estimate of drug-likeness (QED) is 0.114. The van der Waals surface area contributed by atoms with Crippen molar-refractivity contribution in [2.24, 2.45) is 0 Å². The van der Waals surface area contributed by atoms with Crippen LogP contribution >= 0.6 is 0 Å². The van der Waals surface area contributed by atoms with E-state index < -0.39 is 0 Å². The third kappa shape index (κ3) is 14.3. The molecule has 0 bridgehead atoms. The van der Waals surface area contributed by atoms with Gasteiger partial charge in [0.15, 0.2) is 0 Å². The molecule has 0 aliphatic carbocycles. The Hall–Kier alpha value is -1.64. The Morgan fingerprint density at radius 3 is 0.975 bits per heavy atom. The molecule has 0 unspecified atom stereocenters. The first-order chi connectivity index (χ1) is 19.7. The molecule has 0 atom stereocenters. The molecular formula is C38H64N2. The van der Waals surface area contributed by atoms with E-state index in [9.17, 15) is 0 Å². The van der Waals surface area contributed by atoms with E-state index in [-0.39, 0.29) is 0 Å². The minimum atomic E-state index is 1.07. The third-order valence-electron chi connectivity index (χ3n) is 8.42. The van der Waals surface area contributed by atoms with Crippen molar-refractivity contribution in [2.75, 3.05) is 26.2 Å². The zero-order valence-electron chi connectivity index (χ0n) is 27.1. The molecule has 0 aliphatic heterocycles. The van der Waals surface area contributed by atoms with Gasteiger partial charge in [-0.05, 0) is 74.1 Å². The van der Waals surface area contributed by atoms with Crippen molar-refractivity contribution in [3.8, 4) is 11.1 Å². The predicted molar refractivity (Wildman–Crippen MR) is 179 cm³/mol. The van der Waals surface area contributed by atoms with Gasteiger partial charge in [-0.25, -0.2) is 0 Å². The minimum absolute atomic E-state index is 1.07. The molecule has 0 aromatic heterocycles.